The molecule has 0 fully saturated rings. The first-order chi connectivity index (χ1) is 5.26. The van der Waals surface area contributed by atoms with Gasteiger partial charge in [0.1, 0.15) is 0 Å². The minimum absolute atomic E-state index is 0.0269. The highest BCUT2D eigenvalue weighted by Gasteiger charge is 2.12. The quantitative estimate of drug-likeness (QED) is 0.594. The van der Waals surface area contributed by atoms with Crippen LogP contribution < -0.4 is 5.23 Å². The molecule has 3 heteroatoms. The molecule has 0 rings (SSSR count). The summed E-state index contributed by atoms with van der Waals surface area (Å²) in [6.45, 7) is 4.13. The molecule has 11 heavy (non-hydrogen) atoms. The minimum Gasteiger partial charge on any atom is -0.409 e. The first kappa shape index (κ1) is 10.5. The standard InChI is InChI=1S/C8H16BNO/c1-3-5-6-7(4-2)8(11)10-9/h7H,3-6H2,1-2H3,(H,10,11). The van der Waals surface area contributed by atoms with E-state index in [1.807, 2.05) is 6.92 Å². The van der Waals surface area contributed by atoms with Crippen molar-refractivity contribution in [2.24, 2.45) is 5.92 Å². The lowest BCUT2D eigenvalue weighted by Gasteiger charge is -2.11. The van der Waals surface area contributed by atoms with Gasteiger partial charge in [-0.3, -0.25) is 4.79 Å². The van der Waals surface area contributed by atoms with Crippen LogP contribution in [0.1, 0.15) is 39.5 Å². The number of hydrogen-bond donors (Lipinski definition) is 1. The molecule has 0 heterocycles. The first-order valence-corrected chi connectivity index (χ1v) is 4.26. The van der Waals surface area contributed by atoms with E-state index >= 15 is 0 Å². The Bertz CT molecular complexity index is 117. The van der Waals surface area contributed by atoms with Crippen molar-refractivity contribution in [1.82, 2.24) is 5.23 Å². The number of carbonyl (C=O) groups excluding carboxylic acids is 1. The summed E-state index contributed by atoms with van der Waals surface area (Å²) in [6.07, 6.45) is 4.07. The molecule has 2 nitrogen and oxygen atoms in total. The Labute approximate surface area is 70.2 Å². The number of carbonyl (C=O) groups is 1. The fourth-order valence-electron chi connectivity index (χ4n) is 1.09. The minimum atomic E-state index is -0.0269. The average molecular weight is 153 g/mol. The Morgan fingerprint density at radius 3 is 2.55 bits per heavy atom. The van der Waals surface area contributed by atoms with Crippen molar-refractivity contribution in [3.05, 3.63) is 0 Å². The van der Waals surface area contributed by atoms with Crippen LogP contribution >= 0.6 is 0 Å². The van der Waals surface area contributed by atoms with Gasteiger partial charge in [0, 0.05) is 5.92 Å². The number of amides is 1. The maximum atomic E-state index is 11.0. The summed E-state index contributed by atoms with van der Waals surface area (Å²) in [5.41, 5.74) is 0. The molecule has 62 valence electrons. The number of nitrogens with one attached hydrogen (secondary N) is 1. The van der Waals surface area contributed by atoms with Crippen LogP contribution in [0.3, 0.4) is 0 Å². The molecule has 1 unspecified atom stereocenters. The fourth-order valence-corrected chi connectivity index (χ4v) is 1.09. The van der Waals surface area contributed by atoms with Gasteiger partial charge in [-0.1, -0.05) is 26.7 Å². The van der Waals surface area contributed by atoms with Crippen LogP contribution in [0, 0.1) is 5.92 Å². The van der Waals surface area contributed by atoms with E-state index in [4.69, 9.17) is 7.98 Å². The summed E-state index contributed by atoms with van der Waals surface area (Å²) in [6, 6.07) is 0. The summed E-state index contributed by atoms with van der Waals surface area (Å²) >= 11 is 0. The van der Waals surface area contributed by atoms with E-state index in [9.17, 15) is 4.79 Å². The van der Waals surface area contributed by atoms with Gasteiger partial charge in [0.2, 0.25) is 13.9 Å². The second-order valence-electron chi connectivity index (χ2n) is 2.76. The lowest BCUT2D eigenvalue weighted by Crippen LogP contribution is -2.27. The third-order valence-corrected chi connectivity index (χ3v) is 1.91. The molecule has 0 saturated carbocycles. The molecule has 0 spiro atoms. The third kappa shape index (κ3) is 4.07. The van der Waals surface area contributed by atoms with Crippen molar-refractivity contribution >= 4 is 13.9 Å². The lowest BCUT2D eigenvalue weighted by molar-refractivity contribution is -0.123. The molecule has 0 aromatic carbocycles. The van der Waals surface area contributed by atoms with E-state index in [1.165, 1.54) is 0 Å². The fraction of sp³-hybridized carbons (Fsp3) is 0.875. The van der Waals surface area contributed by atoms with Crippen LogP contribution in [0.5, 0.6) is 0 Å². The van der Waals surface area contributed by atoms with E-state index in [2.05, 4.69) is 12.2 Å². The summed E-state index contributed by atoms with van der Waals surface area (Å²) < 4.78 is 0. The molecule has 1 N–H and O–H groups in total. The van der Waals surface area contributed by atoms with E-state index in [1.54, 1.807) is 0 Å². The Kier molecular flexibility index (Phi) is 5.99. The molecule has 0 saturated heterocycles. The van der Waals surface area contributed by atoms with E-state index in [0.29, 0.717) is 0 Å². The highest BCUT2D eigenvalue weighted by molar-refractivity contribution is 6.14. The maximum Gasteiger partial charge on any atom is 0.226 e. The van der Waals surface area contributed by atoms with Gasteiger partial charge in [0.05, 0.1) is 0 Å². The van der Waals surface area contributed by atoms with Gasteiger partial charge in [-0.05, 0) is 12.8 Å². The topological polar surface area (TPSA) is 29.1 Å². The van der Waals surface area contributed by atoms with Crippen molar-refractivity contribution in [3.8, 4) is 0 Å². The molecular formula is C8H16BNO. The summed E-state index contributed by atoms with van der Waals surface area (Å²) in [5, 5.41) is 2.19. The van der Waals surface area contributed by atoms with Crippen LogP contribution in [-0.4, -0.2) is 13.9 Å². The predicted octanol–water partition coefficient (Wildman–Crippen LogP) is 1.40. The SMILES string of the molecule is [B]NC(=O)C(CC)CCCC. The van der Waals surface area contributed by atoms with Gasteiger partial charge in [-0.25, -0.2) is 0 Å². The lowest BCUT2D eigenvalue weighted by atomic mass is 9.98. The maximum absolute atomic E-state index is 11.0. The van der Waals surface area contributed by atoms with Gasteiger partial charge in [0.15, 0.2) is 0 Å². The van der Waals surface area contributed by atoms with Crippen LogP contribution in [0.2, 0.25) is 0 Å². The van der Waals surface area contributed by atoms with Crippen LogP contribution in [-0.2, 0) is 4.79 Å². The molecule has 0 aliphatic carbocycles. The van der Waals surface area contributed by atoms with Crippen molar-refractivity contribution in [3.63, 3.8) is 0 Å². The zero-order valence-corrected chi connectivity index (χ0v) is 7.39. The highest BCUT2D eigenvalue weighted by Crippen LogP contribution is 2.11. The molecule has 0 bridgehead atoms. The first-order valence-electron chi connectivity index (χ1n) is 4.26. The molecule has 0 aliphatic heterocycles. The smallest absolute Gasteiger partial charge is 0.226 e. The zero-order valence-electron chi connectivity index (χ0n) is 7.39. The van der Waals surface area contributed by atoms with Crippen molar-refractivity contribution in [2.45, 2.75) is 39.5 Å². The van der Waals surface area contributed by atoms with Crippen LogP contribution in [0.25, 0.3) is 0 Å². The van der Waals surface area contributed by atoms with Crippen molar-refractivity contribution < 1.29 is 4.79 Å². The molecule has 0 aromatic heterocycles. The van der Waals surface area contributed by atoms with Crippen molar-refractivity contribution in [2.75, 3.05) is 0 Å². The van der Waals surface area contributed by atoms with Gasteiger partial charge in [-0.15, -0.1) is 0 Å². The van der Waals surface area contributed by atoms with Gasteiger partial charge >= 0.3 is 0 Å². The second-order valence-corrected chi connectivity index (χ2v) is 2.76. The Morgan fingerprint density at radius 2 is 2.18 bits per heavy atom. The van der Waals surface area contributed by atoms with E-state index < -0.39 is 0 Å². The van der Waals surface area contributed by atoms with Crippen molar-refractivity contribution in [1.29, 1.82) is 0 Å². The summed E-state index contributed by atoms with van der Waals surface area (Å²) in [7, 11) is 5.02. The molecule has 0 aliphatic rings. The van der Waals surface area contributed by atoms with E-state index in [-0.39, 0.29) is 11.8 Å². The van der Waals surface area contributed by atoms with Gasteiger partial charge < -0.3 is 5.23 Å². The molecule has 1 amide bonds. The predicted molar refractivity (Wildman–Crippen MR) is 47.2 cm³/mol. The third-order valence-electron chi connectivity index (χ3n) is 1.91. The number of unbranched alkanes of at least 4 members (excludes halogenated alkanes) is 1. The molecule has 1 atom stereocenters. The monoisotopic (exact) mass is 153 g/mol. The average Bonchev–Trinajstić information content (AvgIpc) is 2.05. The Hall–Kier alpha value is -0.465. The van der Waals surface area contributed by atoms with Crippen LogP contribution in [0.4, 0.5) is 0 Å². The molecular weight excluding hydrogens is 137 g/mol. The summed E-state index contributed by atoms with van der Waals surface area (Å²) in [4.78, 5) is 11.0. The second kappa shape index (κ2) is 6.26. The normalized spacial score (nSPS) is 12.5. The van der Waals surface area contributed by atoms with Gasteiger partial charge in [-0.2, -0.15) is 0 Å². The number of rotatable bonds is 5. The Balaban J connectivity index is 3.65. The molecule has 2 radical (unpaired) electrons. The molecule has 0 aromatic rings. The Morgan fingerprint density at radius 1 is 1.55 bits per heavy atom. The van der Waals surface area contributed by atoms with Crippen LogP contribution in [0.15, 0.2) is 0 Å². The number of hydrogen-bond acceptors (Lipinski definition) is 1. The summed E-state index contributed by atoms with van der Waals surface area (Å²) in [5.74, 6) is 0.0842. The highest BCUT2D eigenvalue weighted by atomic mass is 16.1. The van der Waals surface area contributed by atoms with Gasteiger partial charge in [0.25, 0.3) is 0 Å². The zero-order chi connectivity index (χ0) is 8.69. The van der Waals surface area contributed by atoms with E-state index in [0.717, 1.165) is 25.7 Å². The largest absolute Gasteiger partial charge is 0.409 e.